The van der Waals surface area contributed by atoms with E-state index in [0.29, 0.717) is 17.0 Å². The first-order chi connectivity index (χ1) is 11.5. The second kappa shape index (κ2) is 8.43. The van der Waals surface area contributed by atoms with Crippen LogP contribution in [0.4, 0.5) is 5.69 Å². The van der Waals surface area contributed by atoms with E-state index < -0.39 is 0 Å². The number of benzene rings is 2. The predicted octanol–water partition coefficient (Wildman–Crippen LogP) is 3.52. The number of thiocarbonyl (C=S) groups is 1. The van der Waals surface area contributed by atoms with E-state index in [1.165, 1.54) is 0 Å². The van der Waals surface area contributed by atoms with Gasteiger partial charge in [-0.3, -0.25) is 10.1 Å². The van der Waals surface area contributed by atoms with Gasteiger partial charge in [-0.1, -0.05) is 22.0 Å². The molecule has 0 heterocycles. The maximum Gasteiger partial charge on any atom is 0.264 e. The van der Waals surface area contributed by atoms with Gasteiger partial charge in [-0.05, 0) is 61.1 Å². The maximum atomic E-state index is 11.9. The SMILES string of the molecule is Cc1cc(OCC(=O)NC(=S)Nc2cccc(C#N)c2)ccc1Br. The van der Waals surface area contributed by atoms with Crippen LogP contribution in [0.2, 0.25) is 0 Å². The molecule has 2 aromatic carbocycles. The van der Waals surface area contributed by atoms with Crippen LogP contribution < -0.4 is 15.4 Å². The van der Waals surface area contributed by atoms with Crippen LogP contribution in [0.1, 0.15) is 11.1 Å². The second-order valence-electron chi connectivity index (χ2n) is 4.89. The van der Waals surface area contributed by atoms with Crippen molar-refractivity contribution < 1.29 is 9.53 Å². The summed E-state index contributed by atoms with van der Waals surface area (Å²) < 4.78 is 6.40. The van der Waals surface area contributed by atoms with Crippen LogP contribution in [0.15, 0.2) is 46.9 Å². The molecule has 0 aliphatic rings. The Morgan fingerprint density at radius 2 is 2.12 bits per heavy atom. The largest absolute Gasteiger partial charge is 0.484 e. The number of ether oxygens (including phenoxy) is 1. The maximum absolute atomic E-state index is 11.9. The van der Waals surface area contributed by atoms with E-state index in [2.05, 4.69) is 26.6 Å². The Hall–Kier alpha value is -2.43. The lowest BCUT2D eigenvalue weighted by Gasteiger charge is -2.11. The van der Waals surface area contributed by atoms with E-state index in [1.807, 2.05) is 25.1 Å². The predicted molar refractivity (Wildman–Crippen MR) is 99.9 cm³/mol. The summed E-state index contributed by atoms with van der Waals surface area (Å²) in [5.74, 6) is 0.232. The highest BCUT2D eigenvalue weighted by Gasteiger charge is 2.07. The number of hydrogen-bond donors (Lipinski definition) is 2. The van der Waals surface area contributed by atoms with Crippen molar-refractivity contribution in [3.63, 3.8) is 0 Å². The van der Waals surface area contributed by atoms with Gasteiger partial charge in [-0.25, -0.2) is 0 Å². The summed E-state index contributed by atoms with van der Waals surface area (Å²) in [5.41, 5.74) is 2.15. The van der Waals surface area contributed by atoms with Crippen LogP contribution in [-0.4, -0.2) is 17.6 Å². The van der Waals surface area contributed by atoms with Gasteiger partial charge in [-0.15, -0.1) is 0 Å². The standard InChI is InChI=1S/C17H14BrN3O2S/c1-11-7-14(5-6-15(11)18)23-10-16(22)21-17(24)20-13-4-2-3-12(8-13)9-19/h2-8H,10H2,1H3,(H2,20,21,22,24). The molecule has 0 spiro atoms. The first kappa shape index (κ1) is 17.9. The third-order valence-corrected chi connectivity index (χ3v) is 4.10. The molecule has 0 saturated carbocycles. The molecule has 2 rings (SSSR count). The molecule has 122 valence electrons. The summed E-state index contributed by atoms with van der Waals surface area (Å²) in [4.78, 5) is 11.9. The average Bonchev–Trinajstić information content (AvgIpc) is 2.56. The van der Waals surface area contributed by atoms with Crippen molar-refractivity contribution in [2.45, 2.75) is 6.92 Å². The zero-order chi connectivity index (χ0) is 17.5. The van der Waals surface area contributed by atoms with E-state index in [1.54, 1.807) is 30.3 Å². The molecule has 0 saturated heterocycles. The first-order valence-electron chi connectivity index (χ1n) is 6.98. The topological polar surface area (TPSA) is 74.2 Å². The molecule has 1 amide bonds. The van der Waals surface area contributed by atoms with E-state index in [9.17, 15) is 4.79 Å². The summed E-state index contributed by atoms with van der Waals surface area (Å²) in [6.07, 6.45) is 0. The number of amides is 1. The molecule has 7 heteroatoms. The molecule has 0 unspecified atom stereocenters. The molecular weight excluding hydrogens is 390 g/mol. The van der Waals surface area contributed by atoms with Gasteiger partial charge in [0.05, 0.1) is 11.6 Å². The molecule has 0 atom stereocenters. The Kier molecular flexibility index (Phi) is 6.29. The van der Waals surface area contributed by atoms with Crippen LogP contribution in [0.3, 0.4) is 0 Å². The van der Waals surface area contributed by atoms with E-state index >= 15 is 0 Å². The van der Waals surface area contributed by atoms with Crippen LogP contribution in [0.25, 0.3) is 0 Å². The number of nitriles is 1. The van der Waals surface area contributed by atoms with Crippen molar-refractivity contribution in [1.29, 1.82) is 5.26 Å². The van der Waals surface area contributed by atoms with Crippen LogP contribution >= 0.6 is 28.1 Å². The molecule has 0 aliphatic heterocycles. The van der Waals surface area contributed by atoms with Gasteiger partial charge < -0.3 is 10.1 Å². The van der Waals surface area contributed by atoms with Gasteiger partial charge in [0.2, 0.25) is 0 Å². The van der Waals surface area contributed by atoms with Crippen LogP contribution in [-0.2, 0) is 4.79 Å². The third kappa shape index (κ3) is 5.33. The Morgan fingerprint density at radius 1 is 1.33 bits per heavy atom. The fourth-order valence-corrected chi connectivity index (χ4v) is 2.33. The van der Waals surface area contributed by atoms with Gasteiger partial charge in [-0.2, -0.15) is 5.26 Å². The van der Waals surface area contributed by atoms with Crippen LogP contribution in [0, 0.1) is 18.3 Å². The number of carbonyl (C=O) groups excluding carboxylic acids is 1. The zero-order valence-corrected chi connectivity index (χ0v) is 15.2. The van der Waals surface area contributed by atoms with Gasteiger partial charge in [0.1, 0.15) is 5.75 Å². The zero-order valence-electron chi connectivity index (χ0n) is 12.8. The molecule has 24 heavy (non-hydrogen) atoms. The number of hydrogen-bond acceptors (Lipinski definition) is 4. The van der Waals surface area contributed by atoms with Crippen molar-refractivity contribution in [2.24, 2.45) is 0 Å². The number of halogens is 1. The fraction of sp³-hybridized carbons (Fsp3) is 0.118. The number of carbonyl (C=O) groups is 1. The van der Waals surface area contributed by atoms with Gasteiger partial charge >= 0.3 is 0 Å². The van der Waals surface area contributed by atoms with Gasteiger partial charge in [0, 0.05) is 10.2 Å². The summed E-state index contributed by atoms with van der Waals surface area (Å²) >= 11 is 8.48. The molecule has 0 bridgehead atoms. The number of aryl methyl sites for hydroxylation is 1. The van der Waals surface area contributed by atoms with Gasteiger partial charge in [0.15, 0.2) is 11.7 Å². The van der Waals surface area contributed by atoms with Crippen molar-refractivity contribution in [3.05, 3.63) is 58.1 Å². The highest BCUT2D eigenvalue weighted by atomic mass is 79.9. The molecular formula is C17H14BrN3O2S. The average molecular weight is 404 g/mol. The first-order valence-corrected chi connectivity index (χ1v) is 8.18. The number of nitrogens with one attached hydrogen (secondary N) is 2. The highest BCUT2D eigenvalue weighted by Crippen LogP contribution is 2.21. The summed E-state index contributed by atoms with van der Waals surface area (Å²) in [6.45, 7) is 1.78. The lowest BCUT2D eigenvalue weighted by Crippen LogP contribution is -2.37. The second-order valence-corrected chi connectivity index (χ2v) is 6.16. The van der Waals surface area contributed by atoms with Crippen molar-refractivity contribution >= 4 is 44.9 Å². The van der Waals surface area contributed by atoms with Gasteiger partial charge in [0.25, 0.3) is 5.91 Å². The summed E-state index contributed by atoms with van der Waals surface area (Å²) in [7, 11) is 0. The molecule has 2 aromatic rings. The number of rotatable bonds is 4. The Balaban J connectivity index is 1.84. The molecule has 0 aromatic heterocycles. The summed E-state index contributed by atoms with van der Waals surface area (Å²) in [5, 5.41) is 14.4. The van der Waals surface area contributed by atoms with Crippen molar-refractivity contribution in [1.82, 2.24) is 5.32 Å². The minimum absolute atomic E-state index is 0.144. The van der Waals surface area contributed by atoms with E-state index in [-0.39, 0.29) is 17.6 Å². The Morgan fingerprint density at radius 3 is 2.83 bits per heavy atom. The Bertz CT molecular complexity index is 818. The monoisotopic (exact) mass is 403 g/mol. The minimum Gasteiger partial charge on any atom is -0.484 e. The van der Waals surface area contributed by atoms with Crippen molar-refractivity contribution in [2.75, 3.05) is 11.9 Å². The van der Waals surface area contributed by atoms with Crippen LogP contribution in [0.5, 0.6) is 5.75 Å². The van der Waals surface area contributed by atoms with E-state index in [0.717, 1.165) is 10.0 Å². The smallest absolute Gasteiger partial charge is 0.264 e. The lowest BCUT2D eigenvalue weighted by molar-refractivity contribution is -0.121. The molecule has 0 radical (unpaired) electrons. The Labute approximate surface area is 153 Å². The summed E-state index contributed by atoms with van der Waals surface area (Å²) in [6, 6.07) is 14.3. The lowest BCUT2D eigenvalue weighted by atomic mass is 10.2. The highest BCUT2D eigenvalue weighted by molar-refractivity contribution is 9.10. The number of nitrogens with zero attached hydrogens (tertiary/aromatic N) is 1. The van der Waals surface area contributed by atoms with E-state index in [4.69, 9.17) is 22.2 Å². The molecule has 2 N–H and O–H groups in total. The molecule has 0 aliphatic carbocycles. The van der Waals surface area contributed by atoms with Crippen molar-refractivity contribution in [3.8, 4) is 11.8 Å². The molecule has 5 nitrogen and oxygen atoms in total. The normalized spacial score (nSPS) is 9.71. The third-order valence-electron chi connectivity index (χ3n) is 3.00. The molecule has 0 fully saturated rings. The number of anilines is 1. The quantitative estimate of drug-likeness (QED) is 0.763. The minimum atomic E-state index is -0.371. The fourth-order valence-electron chi connectivity index (χ4n) is 1.85.